The number of benzene rings is 4. The zero-order valence-electron chi connectivity index (χ0n) is 50.8. The van der Waals surface area contributed by atoms with Crippen molar-refractivity contribution in [3.8, 4) is 22.3 Å². The smallest absolute Gasteiger partial charge is 0.870 e. The Labute approximate surface area is 526 Å². The maximum absolute atomic E-state index is 13.2. The average Bonchev–Trinajstić information content (AvgIpc) is 2.66. The Morgan fingerprint density at radius 3 is 1.03 bits per heavy atom. The second kappa shape index (κ2) is 31.7. The van der Waals surface area contributed by atoms with Crippen LogP contribution in [0.3, 0.4) is 0 Å². The van der Waals surface area contributed by atoms with Crippen LogP contribution >= 0.6 is 0 Å². The SMILES string of the molecule is CCC(CC)(c1ccc(CCC(O)(C(F)(F)F)C(F)(F)F)c(C)c1)c1ccc(-c2cncc(CC(=O)O)c2)c(C)c1.CCC(CC)(c1ccc(CCC(O)(C(F)(F)F)C(F)(F)F)c(C)c1)c1ccc(-c2cncc(CC(=O)OC)c2)c(C)c1.COO.[Na+].[OH-]. The molecule has 0 unspecified atom stereocenters. The predicted molar refractivity (Wildman–Crippen MR) is 303 cm³/mol. The van der Waals surface area contributed by atoms with Crippen molar-refractivity contribution in [1.29, 1.82) is 0 Å². The van der Waals surface area contributed by atoms with E-state index < -0.39 is 78.4 Å². The summed E-state index contributed by atoms with van der Waals surface area (Å²) in [6, 6.07) is 25.9. The number of aliphatic carboxylic acids is 1. The summed E-state index contributed by atoms with van der Waals surface area (Å²) in [5.41, 5.74) is 1.62. The van der Waals surface area contributed by atoms with Gasteiger partial charge in [-0.3, -0.25) is 24.8 Å². The summed E-state index contributed by atoms with van der Waals surface area (Å²) in [7, 11) is 2.51. The number of rotatable bonds is 20. The number of esters is 1. The molecule has 0 saturated carbocycles. The van der Waals surface area contributed by atoms with Crippen LogP contribution in [0.1, 0.15) is 133 Å². The Bertz CT molecular complexity index is 3240. The summed E-state index contributed by atoms with van der Waals surface area (Å²) in [6.07, 6.45) is -18.4. The molecule has 2 heterocycles. The third-order valence-electron chi connectivity index (χ3n) is 16.3. The van der Waals surface area contributed by atoms with Crippen LogP contribution in [-0.2, 0) is 55.7 Å². The zero-order chi connectivity index (χ0) is 65.0. The molecule has 0 bridgehead atoms. The van der Waals surface area contributed by atoms with Crippen molar-refractivity contribution < 1.29 is 128 Å². The van der Waals surface area contributed by atoms with Crippen LogP contribution in [0.4, 0.5) is 52.7 Å². The second-order valence-corrected chi connectivity index (χ2v) is 21.3. The molecule has 88 heavy (non-hydrogen) atoms. The maximum atomic E-state index is 13.2. The molecule has 2 aromatic heterocycles. The molecule has 0 radical (unpaired) electrons. The number of methoxy groups -OCH3 is 1. The van der Waals surface area contributed by atoms with Crippen LogP contribution in [0.25, 0.3) is 22.3 Å². The van der Waals surface area contributed by atoms with Gasteiger partial charge in [-0.1, -0.05) is 100 Å². The summed E-state index contributed by atoms with van der Waals surface area (Å²) >= 11 is 0. The number of carboxylic acids is 1. The number of ether oxygens (including phenoxy) is 1. The first-order valence-electron chi connectivity index (χ1n) is 27.4. The number of carbonyl (C=O) groups is 2. The molecule has 478 valence electrons. The third-order valence-corrected chi connectivity index (χ3v) is 16.3. The Balaban J connectivity index is 0.000000562. The van der Waals surface area contributed by atoms with Gasteiger partial charge < -0.3 is 25.5 Å². The largest absolute Gasteiger partial charge is 1.00 e. The molecule has 0 atom stereocenters. The molecule has 0 aliphatic carbocycles. The quantitative estimate of drug-likeness (QED) is 0.0187. The van der Waals surface area contributed by atoms with Gasteiger partial charge in [0.05, 0.1) is 27.1 Å². The van der Waals surface area contributed by atoms with E-state index in [2.05, 4.69) is 20.9 Å². The van der Waals surface area contributed by atoms with Gasteiger partial charge in [0.1, 0.15) is 0 Å². The minimum Gasteiger partial charge on any atom is -0.870 e. The van der Waals surface area contributed by atoms with Crippen molar-refractivity contribution in [2.75, 3.05) is 14.2 Å². The van der Waals surface area contributed by atoms with Crippen LogP contribution in [0, 0.1) is 27.7 Å². The zero-order valence-corrected chi connectivity index (χ0v) is 52.8. The van der Waals surface area contributed by atoms with Crippen LogP contribution in [0.15, 0.2) is 110 Å². The number of carbonyl (C=O) groups excluding carboxylic acids is 1. The number of alkyl halides is 12. The van der Waals surface area contributed by atoms with Gasteiger partial charge in [0.15, 0.2) is 0 Å². The second-order valence-electron chi connectivity index (χ2n) is 21.3. The topological polar surface area (TPSA) is 189 Å². The van der Waals surface area contributed by atoms with Crippen molar-refractivity contribution >= 4 is 11.9 Å². The van der Waals surface area contributed by atoms with E-state index in [1.54, 1.807) is 68.8 Å². The van der Waals surface area contributed by atoms with Crippen LogP contribution < -0.4 is 29.6 Å². The number of nitrogens with zero attached hydrogens (tertiary/aromatic N) is 2. The third kappa shape index (κ3) is 17.7. The molecule has 0 spiro atoms. The summed E-state index contributed by atoms with van der Waals surface area (Å²) in [4.78, 5) is 34.5. The van der Waals surface area contributed by atoms with Gasteiger partial charge in [-0.15, -0.1) is 0 Å². The number of aliphatic hydroxyl groups is 2. The van der Waals surface area contributed by atoms with Crippen molar-refractivity contribution in [1.82, 2.24) is 9.97 Å². The molecule has 6 aromatic rings. The molecule has 5 N–H and O–H groups in total. The van der Waals surface area contributed by atoms with Gasteiger partial charge >= 0.3 is 66.2 Å². The minimum absolute atomic E-state index is 0. The Hall–Kier alpha value is -5.92. The fourth-order valence-electron chi connectivity index (χ4n) is 11.0. The van der Waals surface area contributed by atoms with E-state index in [4.69, 9.17) is 15.1 Å². The van der Waals surface area contributed by atoms with Crippen molar-refractivity contribution in [3.05, 3.63) is 176 Å². The van der Waals surface area contributed by atoms with E-state index in [1.807, 2.05) is 84.0 Å². The van der Waals surface area contributed by atoms with E-state index >= 15 is 0 Å². The molecular formula is C64H73F12N2NaO9. The fourth-order valence-corrected chi connectivity index (χ4v) is 11.0. The van der Waals surface area contributed by atoms with Gasteiger partial charge in [0.25, 0.3) is 11.2 Å². The summed E-state index contributed by atoms with van der Waals surface area (Å²) < 4.78 is 163. The molecular weight excluding hydrogens is 1190 g/mol. The summed E-state index contributed by atoms with van der Waals surface area (Å²) in [5, 5.41) is 35.3. The van der Waals surface area contributed by atoms with Gasteiger partial charge in [-0.25, -0.2) is 4.89 Å². The Morgan fingerprint density at radius 2 is 0.773 bits per heavy atom. The average molecular weight is 1270 g/mol. The number of carboxylic acid groups (broad SMARTS) is 1. The van der Waals surface area contributed by atoms with Gasteiger partial charge in [0.2, 0.25) is 0 Å². The molecule has 4 aromatic carbocycles. The van der Waals surface area contributed by atoms with Gasteiger partial charge in [0, 0.05) is 46.7 Å². The van der Waals surface area contributed by atoms with E-state index in [1.165, 1.54) is 20.4 Å². The normalized spacial score (nSPS) is 12.4. The van der Waals surface area contributed by atoms with Crippen LogP contribution in [0.5, 0.6) is 0 Å². The number of pyridine rings is 2. The van der Waals surface area contributed by atoms with E-state index in [0.717, 1.165) is 61.2 Å². The number of aromatic nitrogens is 2. The van der Waals surface area contributed by atoms with Crippen LogP contribution in [0.2, 0.25) is 0 Å². The molecule has 0 amide bonds. The first-order chi connectivity index (χ1) is 39.9. The molecule has 0 aliphatic rings. The molecule has 24 heteroatoms. The predicted octanol–water partition coefficient (Wildman–Crippen LogP) is 12.8. The standard InChI is InChI=1S/C32H35F6NO3.C31H33F6NO3.CH4O2.Na.H2O/c1-6-29(7-2,25-9-8-23(20(3)14-25)12-13-30(41,31(33,34)35)32(36,37)38)26-10-11-27(21(4)15-26)24-16-22(18-39-19-24)17-28(40)42-5;1-5-28(6-2,25-9-10-26(20(4)14-25)23-15-21(16-27(39)40)17-38-18-23)24-8-7-22(19(3)13-24)11-12-29(41,30(32,33)34)31(35,36)37;1-3-2;;/h8-11,14-16,18-19,41H,6-7,12-13,17H2,1-5H3;7-10,13-15,17-18,41H,5-6,11-12,16H2,1-4H3,(H,39,40);2H,1H3;;1H2/q;;;+1;/p-1. The first kappa shape index (κ1) is 78.2. The van der Waals surface area contributed by atoms with E-state index in [-0.39, 0.29) is 53.8 Å². The summed E-state index contributed by atoms with van der Waals surface area (Å²) in [5.74, 6) is -1.32. The van der Waals surface area contributed by atoms with Crippen molar-refractivity contribution in [3.63, 3.8) is 0 Å². The number of aryl methyl sites for hydroxylation is 6. The molecule has 0 aliphatic heterocycles. The molecule has 6 rings (SSSR count). The summed E-state index contributed by atoms with van der Waals surface area (Å²) in [6.45, 7) is 15.3. The fraction of sp³-hybridized carbons (Fsp3) is 0.438. The number of hydrogen-bond acceptors (Lipinski definition) is 10. The maximum Gasteiger partial charge on any atom is 1.00 e. The van der Waals surface area contributed by atoms with E-state index in [0.29, 0.717) is 53.5 Å². The van der Waals surface area contributed by atoms with Gasteiger partial charge in [-0.05, 0) is 169 Å². The molecule has 0 saturated heterocycles. The van der Waals surface area contributed by atoms with Crippen molar-refractivity contribution in [2.24, 2.45) is 0 Å². The number of halogens is 12. The van der Waals surface area contributed by atoms with Gasteiger partial charge in [-0.2, -0.15) is 52.7 Å². The minimum atomic E-state index is -5.85. The van der Waals surface area contributed by atoms with Crippen molar-refractivity contribution in [2.45, 2.75) is 166 Å². The molecule has 0 fully saturated rings. The number of hydrogen-bond donors (Lipinski definition) is 4. The Morgan fingerprint density at radius 1 is 0.477 bits per heavy atom. The Kier molecular flexibility index (Phi) is 28.2. The molecule has 11 nitrogen and oxygen atoms in total. The first-order valence-corrected chi connectivity index (χ1v) is 27.4. The monoisotopic (exact) mass is 1260 g/mol. The van der Waals surface area contributed by atoms with Crippen LogP contribution in [-0.4, -0.2) is 98.1 Å². The van der Waals surface area contributed by atoms with E-state index in [9.17, 15) is 72.5 Å².